The standard InChI is InChI=1S/C13H21NO4/c15-12(8-11-2-1-7-18-11)14-10-5-3-9(4-6-10)13(16)17/h9-11H,1-8H2,(H,14,15)(H,16,17)/t9?,10?,11-/m1/s1. The topological polar surface area (TPSA) is 75.6 Å². The molecule has 1 aliphatic carbocycles. The molecule has 2 rings (SSSR count). The number of nitrogens with one attached hydrogen (secondary N) is 1. The van der Waals surface area contributed by atoms with E-state index in [2.05, 4.69) is 5.32 Å². The second-order valence-electron chi connectivity index (χ2n) is 5.29. The van der Waals surface area contributed by atoms with Crippen molar-refractivity contribution in [2.24, 2.45) is 5.92 Å². The van der Waals surface area contributed by atoms with Gasteiger partial charge in [0.05, 0.1) is 18.4 Å². The first-order chi connectivity index (χ1) is 8.65. The Bertz CT molecular complexity index is 304. The van der Waals surface area contributed by atoms with E-state index in [4.69, 9.17) is 9.84 Å². The lowest BCUT2D eigenvalue weighted by atomic mass is 9.86. The molecule has 1 saturated heterocycles. The molecule has 2 N–H and O–H groups in total. The highest BCUT2D eigenvalue weighted by molar-refractivity contribution is 5.77. The van der Waals surface area contributed by atoms with Crippen LogP contribution in [-0.2, 0) is 14.3 Å². The maximum Gasteiger partial charge on any atom is 0.306 e. The molecule has 0 aromatic carbocycles. The maximum atomic E-state index is 11.8. The average molecular weight is 255 g/mol. The van der Waals surface area contributed by atoms with Crippen molar-refractivity contribution in [3.63, 3.8) is 0 Å². The van der Waals surface area contributed by atoms with Crippen LogP contribution in [0, 0.1) is 5.92 Å². The summed E-state index contributed by atoms with van der Waals surface area (Å²) in [4.78, 5) is 22.6. The van der Waals surface area contributed by atoms with Crippen LogP contribution >= 0.6 is 0 Å². The third-order valence-electron chi connectivity index (χ3n) is 3.88. The smallest absolute Gasteiger partial charge is 0.306 e. The molecule has 0 unspecified atom stereocenters. The molecule has 1 atom stereocenters. The molecular weight excluding hydrogens is 234 g/mol. The third-order valence-corrected chi connectivity index (χ3v) is 3.88. The molecule has 0 radical (unpaired) electrons. The van der Waals surface area contributed by atoms with Crippen molar-refractivity contribution >= 4 is 11.9 Å². The Labute approximate surface area is 107 Å². The summed E-state index contributed by atoms with van der Waals surface area (Å²) in [5, 5.41) is 11.9. The highest BCUT2D eigenvalue weighted by Gasteiger charge is 2.27. The van der Waals surface area contributed by atoms with Gasteiger partial charge in [-0.2, -0.15) is 0 Å². The lowest BCUT2D eigenvalue weighted by Gasteiger charge is -2.27. The largest absolute Gasteiger partial charge is 0.481 e. The first-order valence-corrected chi connectivity index (χ1v) is 6.79. The highest BCUT2D eigenvalue weighted by Crippen LogP contribution is 2.24. The van der Waals surface area contributed by atoms with Crippen molar-refractivity contribution in [1.29, 1.82) is 0 Å². The Morgan fingerprint density at radius 2 is 1.89 bits per heavy atom. The summed E-state index contributed by atoms with van der Waals surface area (Å²) in [6, 6.07) is 0.148. The minimum absolute atomic E-state index is 0.0423. The number of carboxylic acids is 1. The maximum absolute atomic E-state index is 11.8. The second-order valence-corrected chi connectivity index (χ2v) is 5.29. The van der Waals surface area contributed by atoms with E-state index >= 15 is 0 Å². The minimum atomic E-state index is -0.709. The Hall–Kier alpha value is -1.10. The van der Waals surface area contributed by atoms with Crippen molar-refractivity contribution in [3.8, 4) is 0 Å². The van der Waals surface area contributed by atoms with Crippen molar-refractivity contribution < 1.29 is 19.4 Å². The molecule has 0 aromatic rings. The lowest BCUT2D eigenvalue weighted by molar-refractivity contribution is -0.142. The zero-order valence-corrected chi connectivity index (χ0v) is 10.6. The summed E-state index contributed by atoms with van der Waals surface area (Å²) in [7, 11) is 0. The van der Waals surface area contributed by atoms with Gasteiger partial charge in [-0.15, -0.1) is 0 Å². The normalized spacial score (nSPS) is 32.1. The van der Waals surface area contributed by atoms with Crippen LogP contribution in [0.25, 0.3) is 0 Å². The van der Waals surface area contributed by atoms with Gasteiger partial charge in [0.15, 0.2) is 0 Å². The Kier molecular flexibility index (Phi) is 4.58. The summed E-state index contributed by atoms with van der Waals surface area (Å²) in [5.41, 5.74) is 0. The van der Waals surface area contributed by atoms with Crippen LogP contribution < -0.4 is 5.32 Å². The number of aliphatic carboxylic acids is 1. The molecular formula is C13H21NO4. The number of carbonyl (C=O) groups is 2. The zero-order valence-electron chi connectivity index (χ0n) is 10.6. The summed E-state index contributed by atoms with van der Waals surface area (Å²) < 4.78 is 5.42. The first kappa shape index (κ1) is 13.3. The molecule has 1 saturated carbocycles. The fraction of sp³-hybridized carbons (Fsp3) is 0.846. The van der Waals surface area contributed by atoms with Gasteiger partial charge in [-0.3, -0.25) is 9.59 Å². The molecule has 2 fully saturated rings. The van der Waals surface area contributed by atoms with Gasteiger partial charge in [0.1, 0.15) is 0 Å². The van der Waals surface area contributed by atoms with Gasteiger partial charge < -0.3 is 15.2 Å². The molecule has 2 aliphatic rings. The van der Waals surface area contributed by atoms with E-state index < -0.39 is 5.97 Å². The van der Waals surface area contributed by atoms with Crippen LogP contribution in [-0.4, -0.2) is 35.7 Å². The Balaban J connectivity index is 1.67. The molecule has 1 aliphatic heterocycles. The van der Waals surface area contributed by atoms with Crippen molar-refractivity contribution in [2.75, 3.05) is 6.61 Å². The van der Waals surface area contributed by atoms with Crippen LogP contribution in [0.5, 0.6) is 0 Å². The van der Waals surface area contributed by atoms with Crippen LogP contribution in [0.4, 0.5) is 0 Å². The molecule has 0 spiro atoms. The van der Waals surface area contributed by atoms with Crippen LogP contribution in [0.3, 0.4) is 0 Å². The Morgan fingerprint density at radius 3 is 2.44 bits per heavy atom. The fourth-order valence-electron chi connectivity index (χ4n) is 2.78. The van der Waals surface area contributed by atoms with Crippen LogP contribution in [0.2, 0.25) is 0 Å². The summed E-state index contributed by atoms with van der Waals surface area (Å²) in [6.07, 6.45) is 5.42. The summed E-state index contributed by atoms with van der Waals surface area (Å²) >= 11 is 0. The SMILES string of the molecule is O=C(C[C@H]1CCCO1)NC1CCC(C(=O)O)CC1. The minimum Gasteiger partial charge on any atom is -0.481 e. The number of carbonyl (C=O) groups excluding carboxylic acids is 1. The van der Waals surface area contributed by atoms with E-state index in [-0.39, 0.29) is 24.0 Å². The van der Waals surface area contributed by atoms with E-state index in [1.165, 1.54) is 0 Å². The van der Waals surface area contributed by atoms with Gasteiger partial charge in [0.25, 0.3) is 0 Å². The first-order valence-electron chi connectivity index (χ1n) is 6.79. The van der Waals surface area contributed by atoms with Crippen molar-refractivity contribution in [3.05, 3.63) is 0 Å². The van der Waals surface area contributed by atoms with Gasteiger partial charge >= 0.3 is 5.97 Å². The summed E-state index contributed by atoms with van der Waals surface area (Å²) in [5.74, 6) is -0.892. The Morgan fingerprint density at radius 1 is 1.17 bits per heavy atom. The molecule has 1 heterocycles. The van der Waals surface area contributed by atoms with Gasteiger partial charge in [-0.05, 0) is 38.5 Å². The monoisotopic (exact) mass is 255 g/mol. The molecule has 5 nitrogen and oxygen atoms in total. The number of amides is 1. The zero-order chi connectivity index (χ0) is 13.0. The summed E-state index contributed by atoms with van der Waals surface area (Å²) in [6.45, 7) is 0.766. The highest BCUT2D eigenvalue weighted by atomic mass is 16.5. The van der Waals surface area contributed by atoms with Crippen molar-refractivity contribution in [1.82, 2.24) is 5.32 Å². The van der Waals surface area contributed by atoms with E-state index in [0.29, 0.717) is 19.3 Å². The van der Waals surface area contributed by atoms with E-state index in [1.54, 1.807) is 0 Å². The lowest BCUT2D eigenvalue weighted by Crippen LogP contribution is -2.39. The number of hydrogen-bond donors (Lipinski definition) is 2. The van der Waals surface area contributed by atoms with Crippen LogP contribution in [0.15, 0.2) is 0 Å². The van der Waals surface area contributed by atoms with Gasteiger partial charge in [0, 0.05) is 12.6 Å². The predicted octanol–water partition coefficient (Wildman–Crippen LogP) is 1.32. The van der Waals surface area contributed by atoms with E-state index in [0.717, 1.165) is 32.3 Å². The van der Waals surface area contributed by atoms with Crippen LogP contribution in [0.1, 0.15) is 44.9 Å². The molecule has 18 heavy (non-hydrogen) atoms. The van der Waals surface area contributed by atoms with E-state index in [1.807, 2.05) is 0 Å². The fourth-order valence-corrected chi connectivity index (χ4v) is 2.78. The average Bonchev–Trinajstić information content (AvgIpc) is 2.82. The quantitative estimate of drug-likeness (QED) is 0.794. The van der Waals surface area contributed by atoms with E-state index in [9.17, 15) is 9.59 Å². The molecule has 0 bridgehead atoms. The second kappa shape index (κ2) is 6.18. The number of hydrogen-bond acceptors (Lipinski definition) is 3. The molecule has 0 aromatic heterocycles. The number of rotatable bonds is 4. The predicted molar refractivity (Wildman–Crippen MR) is 65.1 cm³/mol. The van der Waals surface area contributed by atoms with Gasteiger partial charge in [0.2, 0.25) is 5.91 Å². The van der Waals surface area contributed by atoms with Crippen molar-refractivity contribution in [2.45, 2.75) is 57.1 Å². The van der Waals surface area contributed by atoms with Gasteiger partial charge in [-0.25, -0.2) is 0 Å². The molecule has 1 amide bonds. The number of carboxylic acid groups (broad SMARTS) is 1. The molecule has 102 valence electrons. The third kappa shape index (κ3) is 3.70. The number of ether oxygens (including phenoxy) is 1. The van der Waals surface area contributed by atoms with Gasteiger partial charge in [-0.1, -0.05) is 0 Å². The molecule has 5 heteroatoms.